The Morgan fingerprint density at radius 2 is 1.95 bits per heavy atom. The summed E-state index contributed by atoms with van der Waals surface area (Å²) < 4.78 is 4.92. The van der Waals surface area contributed by atoms with Crippen LogP contribution in [0.1, 0.15) is 6.42 Å². The van der Waals surface area contributed by atoms with Crippen molar-refractivity contribution in [2.75, 3.05) is 29.5 Å². The Kier molecular flexibility index (Phi) is 3.10. The van der Waals surface area contributed by atoms with Crippen LogP contribution in [0.3, 0.4) is 0 Å². The van der Waals surface area contributed by atoms with Gasteiger partial charge in [-0.2, -0.15) is 12.6 Å². The molecule has 2 aliphatic rings. The highest BCUT2D eigenvalue weighted by atomic mass is 32.1. The van der Waals surface area contributed by atoms with E-state index in [0.29, 0.717) is 26.1 Å². The molecule has 100 valence electrons. The van der Waals surface area contributed by atoms with Gasteiger partial charge in [0.25, 0.3) is 0 Å². The van der Waals surface area contributed by atoms with E-state index in [4.69, 9.17) is 4.74 Å². The van der Waals surface area contributed by atoms with E-state index >= 15 is 0 Å². The number of ether oxygens (including phenoxy) is 1. The predicted octanol–water partition coefficient (Wildman–Crippen LogP) is 1.68. The normalized spacial score (nSPS) is 23.1. The molecule has 0 radical (unpaired) electrons. The van der Waals surface area contributed by atoms with Crippen molar-refractivity contribution >= 4 is 36.0 Å². The molecule has 0 spiro atoms. The number of benzene rings is 1. The monoisotopic (exact) mass is 278 g/mol. The third-order valence-corrected chi connectivity index (χ3v) is 3.66. The van der Waals surface area contributed by atoms with Crippen LogP contribution in [-0.4, -0.2) is 36.9 Å². The van der Waals surface area contributed by atoms with Gasteiger partial charge in [0.2, 0.25) is 5.91 Å². The largest absolute Gasteiger partial charge is 0.447 e. The van der Waals surface area contributed by atoms with Crippen molar-refractivity contribution in [3.05, 3.63) is 24.3 Å². The van der Waals surface area contributed by atoms with Crippen molar-refractivity contribution in [2.24, 2.45) is 0 Å². The smallest absolute Gasteiger partial charge is 0.414 e. The molecule has 2 aliphatic heterocycles. The molecule has 6 heteroatoms. The molecular weight excluding hydrogens is 264 g/mol. The van der Waals surface area contributed by atoms with Crippen molar-refractivity contribution in [1.29, 1.82) is 0 Å². The van der Waals surface area contributed by atoms with Crippen molar-refractivity contribution in [3.8, 4) is 0 Å². The average molecular weight is 278 g/mol. The molecule has 2 amide bonds. The Bertz CT molecular complexity index is 534. The molecule has 0 saturated carbocycles. The van der Waals surface area contributed by atoms with Gasteiger partial charge in [-0.05, 0) is 18.2 Å². The van der Waals surface area contributed by atoms with Crippen LogP contribution in [0.2, 0.25) is 0 Å². The molecular formula is C13H14N2O3S. The lowest BCUT2D eigenvalue weighted by Gasteiger charge is -2.19. The van der Waals surface area contributed by atoms with Crippen LogP contribution in [0, 0.1) is 0 Å². The van der Waals surface area contributed by atoms with E-state index in [1.807, 2.05) is 24.3 Å². The Morgan fingerprint density at radius 1 is 1.21 bits per heavy atom. The lowest BCUT2D eigenvalue weighted by molar-refractivity contribution is -0.117. The average Bonchev–Trinajstić information content (AvgIpc) is 2.95. The highest BCUT2D eigenvalue weighted by Gasteiger charge is 2.29. The van der Waals surface area contributed by atoms with E-state index in [2.05, 4.69) is 12.6 Å². The number of thiol groups is 1. The first-order chi connectivity index (χ1) is 9.15. The van der Waals surface area contributed by atoms with Gasteiger partial charge in [0.05, 0.1) is 6.54 Å². The maximum absolute atomic E-state index is 11.9. The highest BCUT2D eigenvalue weighted by Crippen LogP contribution is 2.28. The second-order valence-electron chi connectivity index (χ2n) is 4.65. The van der Waals surface area contributed by atoms with Crippen LogP contribution in [0.5, 0.6) is 0 Å². The van der Waals surface area contributed by atoms with Gasteiger partial charge in [-0.3, -0.25) is 9.69 Å². The van der Waals surface area contributed by atoms with Crippen LogP contribution in [0.4, 0.5) is 16.2 Å². The van der Waals surface area contributed by atoms with Crippen molar-refractivity contribution in [3.63, 3.8) is 0 Å². The summed E-state index contributed by atoms with van der Waals surface area (Å²) >= 11 is 4.34. The molecule has 0 bridgehead atoms. The van der Waals surface area contributed by atoms with E-state index in [9.17, 15) is 9.59 Å². The summed E-state index contributed by atoms with van der Waals surface area (Å²) in [6.45, 7) is 1.56. The summed E-state index contributed by atoms with van der Waals surface area (Å²) in [4.78, 5) is 26.7. The van der Waals surface area contributed by atoms with Gasteiger partial charge < -0.3 is 9.64 Å². The summed E-state index contributed by atoms with van der Waals surface area (Å²) in [5.74, 6) is 0.0705. The molecule has 0 N–H and O–H groups in total. The molecule has 1 unspecified atom stereocenters. The van der Waals surface area contributed by atoms with E-state index in [-0.39, 0.29) is 17.3 Å². The predicted molar refractivity (Wildman–Crippen MR) is 74.9 cm³/mol. The Balaban J connectivity index is 1.88. The number of amides is 2. The lowest BCUT2D eigenvalue weighted by Crippen LogP contribution is -2.26. The number of carbonyl (C=O) groups is 2. The molecule has 2 saturated heterocycles. The zero-order chi connectivity index (χ0) is 13.4. The van der Waals surface area contributed by atoms with Gasteiger partial charge in [-0.1, -0.05) is 6.07 Å². The molecule has 2 fully saturated rings. The maximum atomic E-state index is 11.9. The Morgan fingerprint density at radius 3 is 2.53 bits per heavy atom. The van der Waals surface area contributed by atoms with Crippen LogP contribution in [0.25, 0.3) is 0 Å². The molecule has 1 aromatic carbocycles. The van der Waals surface area contributed by atoms with Crippen LogP contribution in [-0.2, 0) is 9.53 Å². The SMILES string of the molecule is O=C1CC(S)CN1c1cccc(N2CCOC2=O)c1. The molecule has 1 aromatic rings. The second kappa shape index (κ2) is 4.77. The van der Waals surface area contributed by atoms with E-state index in [1.54, 1.807) is 9.80 Å². The molecule has 2 heterocycles. The Labute approximate surface area is 116 Å². The fourth-order valence-corrected chi connectivity index (χ4v) is 2.71. The number of nitrogens with zero attached hydrogens (tertiary/aromatic N) is 2. The number of hydrogen-bond acceptors (Lipinski definition) is 4. The number of cyclic esters (lactones) is 1. The van der Waals surface area contributed by atoms with Gasteiger partial charge in [-0.25, -0.2) is 4.79 Å². The van der Waals surface area contributed by atoms with Gasteiger partial charge >= 0.3 is 6.09 Å². The summed E-state index contributed by atoms with van der Waals surface area (Å²) in [5, 5.41) is 0.0768. The first-order valence-corrected chi connectivity index (χ1v) is 6.69. The lowest BCUT2D eigenvalue weighted by atomic mass is 10.2. The van der Waals surface area contributed by atoms with Crippen molar-refractivity contribution in [1.82, 2.24) is 0 Å². The van der Waals surface area contributed by atoms with E-state index < -0.39 is 0 Å². The molecule has 19 heavy (non-hydrogen) atoms. The zero-order valence-corrected chi connectivity index (χ0v) is 11.2. The minimum atomic E-state index is -0.336. The zero-order valence-electron chi connectivity index (χ0n) is 10.3. The summed E-state index contributed by atoms with van der Waals surface area (Å²) in [7, 11) is 0. The van der Waals surface area contributed by atoms with Gasteiger partial charge in [0, 0.05) is 29.6 Å². The molecule has 5 nitrogen and oxygen atoms in total. The third kappa shape index (κ3) is 2.28. The fraction of sp³-hybridized carbons (Fsp3) is 0.385. The third-order valence-electron chi connectivity index (χ3n) is 3.32. The second-order valence-corrected chi connectivity index (χ2v) is 5.38. The Hall–Kier alpha value is -1.69. The minimum absolute atomic E-state index is 0.0705. The topological polar surface area (TPSA) is 49.9 Å². The maximum Gasteiger partial charge on any atom is 0.414 e. The van der Waals surface area contributed by atoms with Crippen LogP contribution >= 0.6 is 12.6 Å². The number of anilines is 2. The number of hydrogen-bond donors (Lipinski definition) is 1. The van der Waals surface area contributed by atoms with Crippen molar-refractivity contribution < 1.29 is 14.3 Å². The van der Waals surface area contributed by atoms with Crippen molar-refractivity contribution in [2.45, 2.75) is 11.7 Å². The van der Waals surface area contributed by atoms with Gasteiger partial charge in [-0.15, -0.1) is 0 Å². The van der Waals surface area contributed by atoms with Gasteiger partial charge in [0.1, 0.15) is 6.61 Å². The summed E-state index contributed by atoms with van der Waals surface area (Å²) in [6.07, 6.45) is 0.121. The summed E-state index contributed by atoms with van der Waals surface area (Å²) in [6, 6.07) is 7.40. The molecule has 0 aliphatic carbocycles. The quantitative estimate of drug-likeness (QED) is 0.837. The number of rotatable bonds is 2. The summed E-state index contributed by atoms with van der Waals surface area (Å²) in [5.41, 5.74) is 1.56. The molecule has 1 atom stereocenters. The van der Waals surface area contributed by atoms with E-state index in [1.165, 1.54) is 0 Å². The van der Waals surface area contributed by atoms with Crippen LogP contribution < -0.4 is 9.80 Å². The fourth-order valence-electron chi connectivity index (χ4n) is 2.40. The first-order valence-electron chi connectivity index (χ1n) is 6.18. The standard InChI is InChI=1S/C13H14N2O3S/c16-12-7-11(19)8-15(12)10-3-1-2-9(6-10)14-4-5-18-13(14)17/h1-3,6,11,19H,4-5,7-8H2. The van der Waals surface area contributed by atoms with Crippen LogP contribution in [0.15, 0.2) is 24.3 Å². The van der Waals surface area contributed by atoms with E-state index in [0.717, 1.165) is 11.4 Å². The number of carbonyl (C=O) groups excluding carboxylic acids is 2. The first kappa shape index (κ1) is 12.3. The molecule has 3 rings (SSSR count). The van der Waals surface area contributed by atoms with Gasteiger partial charge in [0.15, 0.2) is 0 Å². The minimum Gasteiger partial charge on any atom is -0.447 e. The molecule has 0 aromatic heterocycles. The highest BCUT2D eigenvalue weighted by molar-refractivity contribution is 7.81.